The Morgan fingerprint density at radius 3 is 2.33 bits per heavy atom. The quantitative estimate of drug-likeness (QED) is 0.752. The van der Waals surface area contributed by atoms with Crippen LogP contribution in [0.15, 0.2) is 48.5 Å². The van der Waals surface area contributed by atoms with Crippen molar-refractivity contribution in [2.45, 2.75) is 26.4 Å². The minimum atomic E-state index is -3.48. The van der Waals surface area contributed by atoms with E-state index in [2.05, 4.69) is 5.32 Å². The molecule has 0 saturated heterocycles. The molecular formula is C20H26N2O4S. The van der Waals surface area contributed by atoms with Gasteiger partial charge in [-0.15, -0.1) is 0 Å². The summed E-state index contributed by atoms with van der Waals surface area (Å²) >= 11 is 0. The third-order valence-corrected chi connectivity index (χ3v) is 5.33. The minimum absolute atomic E-state index is 0.115. The second kappa shape index (κ2) is 9.01. The molecule has 7 heteroatoms. The van der Waals surface area contributed by atoms with Gasteiger partial charge < -0.3 is 10.1 Å². The van der Waals surface area contributed by atoms with Gasteiger partial charge in [-0.25, -0.2) is 8.42 Å². The van der Waals surface area contributed by atoms with Crippen LogP contribution in [0.4, 0.5) is 5.69 Å². The molecule has 0 heterocycles. The molecule has 2 aromatic carbocycles. The lowest BCUT2D eigenvalue weighted by Gasteiger charge is -2.23. The van der Waals surface area contributed by atoms with Crippen molar-refractivity contribution in [3.63, 3.8) is 0 Å². The van der Waals surface area contributed by atoms with Crippen LogP contribution in [0.3, 0.4) is 0 Å². The summed E-state index contributed by atoms with van der Waals surface area (Å²) in [4.78, 5) is 12.2. The summed E-state index contributed by atoms with van der Waals surface area (Å²) in [6, 6.07) is 14.1. The van der Waals surface area contributed by atoms with Gasteiger partial charge in [0.15, 0.2) is 0 Å². The van der Waals surface area contributed by atoms with Crippen molar-refractivity contribution in [1.29, 1.82) is 0 Å². The molecule has 0 unspecified atom stereocenters. The van der Waals surface area contributed by atoms with Crippen LogP contribution < -0.4 is 9.62 Å². The smallest absolute Gasteiger partial charge is 0.251 e. The fourth-order valence-corrected chi connectivity index (χ4v) is 3.60. The number of anilines is 1. The van der Waals surface area contributed by atoms with Gasteiger partial charge in [-0.2, -0.15) is 0 Å². The van der Waals surface area contributed by atoms with Gasteiger partial charge in [-0.3, -0.25) is 9.10 Å². The van der Waals surface area contributed by atoms with Gasteiger partial charge in [0.2, 0.25) is 10.0 Å². The van der Waals surface area contributed by atoms with E-state index in [-0.39, 0.29) is 18.5 Å². The molecule has 6 nitrogen and oxygen atoms in total. The lowest BCUT2D eigenvalue weighted by molar-refractivity contribution is 0.0905. The zero-order valence-corrected chi connectivity index (χ0v) is 16.9. The van der Waals surface area contributed by atoms with Crippen molar-refractivity contribution >= 4 is 21.6 Å². The second-order valence-electron chi connectivity index (χ2n) is 6.57. The second-order valence-corrected chi connectivity index (χ2v) is 8.48. The number of rotatable bonds is 8. The molecule has 1 amide bonds. The van der Waals surface area contributed by atoms with Gasteiger partial charge in [0.25, 0.3) is 5.91 Å². The number of nitrogens with one attached hydrogen (secondary N) is 1. The molecule has 146 valence electrons. The van der Waals surface area contributed by atoms with Crippen LogP contribution in [0.25, 0.3) is 0 Å². The first-order chi connectivity index (χ1) is 12.7. The van der Waals surface area contributed by atoms with Crippen molar-refractivity contribution < 1.29 is 17.9 Å². The molecule has 0 fully saturated rings. The van der Waals surface area contributed by atoms with E-state index in [4.69, 9.17) is 4.74 Å². The zero-order chi connectivity index (χ0) is 20.0. The van der Waals surface area contributed by atoms with E-state index >= 15 is 0 Å². The summed E-state index contributed by atoms with van der Waals surface area (Å²) in [6.45, 7) is 4.46. The van der Waals surface area contributed by atoms with E-state index in [0.29, 0.717) is 17.9 Å². The van der Waals surface area contributed by atoms with E-state index in [1.54, 1.807) is 31.4 Å². The summed E-state index contributed by atoms with van der Waals surface area (Å²) < 4.78 is 31.0. The third-order valence-electron chi connectivity index (χ3n) is 4.19. The predicted octanol–water partition coefficient (Wildman–Crippen LogP) is 2.73. The Labute approximate surface area is 161 Å². The number of hydrogen-bond acceptors (Lipinski definition) is 4. The first-order valence-electron chi connectivity index (χ1n) is 8.64. The number of hydrogen-bond donors (Lipinski definition) is 1. The van der Waals surface area contributed by atoms with Crippen LogP contribution in [0.2, 0.25) is 0 Å². The first-order valence-corrected chi connectivity index (χ1v) is 10.5. The molecule has 1 N–H and O–H groups in total. The number of carbonyl (C=O) groups excluding carboxylic acids is 1. The Morgan fingerprint density at radius 2 is 1.78 bits per heavy atom. The molecule has 27 heavy (non-hydrogen) atoms. The Kier molecular flexibility index (Phi) is 6.98. The van der Waals surface area contributed by atoms with Crippen molar-refractivity contribution in [2.24, 2.45) is 0 Å². The highest BCUT2D eigenvalue weighted by molar-refractivity contribution is 7.92. The van der Waals surface area contributed by atoms with Crippen LogP contribution in [0, 0.1) is 6.92 Å². The highest BCUT2D eigenvalue weighted by atomic mass is 32.2. The molecule has 2 aromatic rings. The summed E-state index contributed by atoms with van der Waals surface area (Å²) in [5, 5.41) is 2.83. The van der Waals surface area contributed by atoms with Crippen LogP contribution in [-0.4, -0.2) is 40.3 Å². The van der Waals surface area contributed by atoms with E-state index in [9.17, 15) is 13.2 Å². The van der Waals surface area contributed by atoms with E-state index < -0.39 is 10.0 Å². The molecule has 1 atom stereocenters. The van der Waals surface area contributed by atoms with Gasteiger partial charge in [0.05, 0.1) is 25.1 Å². The standard InChI is InChI=1S/C20H26N2O4S/c1-15-7-5-6-8-18(15)13-22(27(4,24)25)19-11-9-17(10-12-19)20(23)21-16(2)14-26-3/h5-12,16H,13-14H2,1-4H3,(H,21,23)/t16-/m1/s1. The maximum atomic E-state index is 12.3. The Hall–Kier alpha value is -2.38. The van der Waals surface area contributed by atoms with Gasteiger partial charge in [-0.1, -0.05) is 24.3 Å². The van der Waals surface area contributed by atoms with Gasteiger partial charge >= 0.3 is 0 Å². The van der Waals surface area contributed by atoms with Crippen molar-refractivity contribution in [3.8, 4) is 0 Å². The zero-order valence-electron chi connectivity index (χ0n) is 16.1. The number of methoxy groups -OCH3 is 1. The van der Waals surface area contributed by atoms with Crippen molar-refractivity contribution in [2.75, 3.05) is 24.3 Å². The first kappa shape index (κ1) is 20.9. The largest absolute Gasteiger partial charge is 0.383 e. The Morgan fingerprint density at radius 1 is 1.15 bits per heavy atom. The molecule has 0 bridgehead atoms. The van der Waals surface area contributed by atoms with Gasteiger partial charge in [0.1, 0.15) is 0 Å². The summed E-state index contributed by atoms with van der Waals surface area (Å²) in [5.74, 6) is -0.226. The highest BCUT2D eigenvalue weighted by Crippen LogP contribution is 2.22. The lowest BCUT2D eigenvalue weighted by Crippen LogP contribution is -2.35. The highest BCUT2D eigenvalue weighted by Gasteiger charge is 2.19. The SMILES string of the molecule is COC[C@@H](C)NC(=O)c1ccc(N(Cc2ccccc2C)S(C)(=O)=O)cc1. The lowest BCUT2D eigenvalue weighted by atomic mass is 10.1. The van der Waals surface area contributed by atoms with E-state index in [1.165, 1.54) is 10.6 Å². The number of carbonyl (C=O) groups is 1. The number of benzene rings is 2. The van der Waals surface area contributed by atoms with E-state index in [1.807, 2.05) is 38.1 Å². The van der Waals surface area contributed by atoms with Gasteiger partial charge in [-0.05, 0) is 49.2 Å². The van der Waals surface area contributed by atoms with Crippen LogP contribution in [-0.2, 0) is 21.3 Å². The number of aryl methyl sites for hydroxylation is 1. The molecule has 0 aliphatic heterocycles. The average Bonchev–Trinajstić information content (AvgIpc) is 2.60. The summed E-state index contributed by atoms with van der Waals surface area (Å²) in [5.41, 5.74) is 2.93. The Balaban J connectivity index is 2.23. The van der Waals surface area contributed by atoms with Crippen LogP contribution in [0.5, 0.6) is 0 Å². The molecule has 0 aliphatic carbocycles. The summed E-state index contributed by atoms with van der Waals surface area (Å²) in [7, 11) is -1.90. The normalized spacial score (nSPS) is 12.4. The van der Waals surface area contributed by atoms with Crippen molar-refractivity contribution in [1.82, 2.24) is 5.32 Å². The fourth-order valence-electron chi connectivity index (χ4n) is 2.72. The summed E-state index contributed by atoms with van der Waals surface area (Å²) in [6.07, 6.45) is 1.18. The van der Waals surface area contributed by atoms with E-state index in [0.717, 1.165) is 11.1 Å². The molecule has 2 rings (SSSR count). The predicted molar refractivity (Wildman–Crippen MR) is 107 cm³/mol. The minimum Gasteiger partial charge on any atom is -0.383 e. The fraction of sp³-hybridized carbons (Fsp3) is 0.350. The van der Waals surface area contributed by atoms with Crippen molar-refractivity contribution in [3.05, 3.63) is 65.2 Å². The number of ether oxygens (including phenoxy) is 1. The average molecular weight is 391 g/mol. The number of sulfonamides is 1. The Bertz CT molecular complexity index is 879. The maximum Gasteiger partial charge on any atom is 0.251 e. The number of amides is 1. The molecular weight excluding hydrogens is 364 g/mol. The van der Waals surface area contributed by atoms with Crippen LogP contribution in [0.1, 0.15) is 28.4 Å². The monoisotopic (exact) mass is 390 g/mol. The topological polar surface area (TPSA) is 75.7 Å². The molecule has 0 spiro atoms. The molecule has 0 aromatic heterocycles. The number of nitrogens with zero attached hydrogens (tertiary/aromatic N) is 1. The third kappa shape index (κ3) is 5.80. The molecule has 0 radical (unpaired) electrons. The van der Waals surface area contributed by atoms with Crippen LogP contribution >= 0.6 is 0 Å². The molecule has 0 saturated carbocycles. The maximum absolute atomic E-state index is 12.3. The molecule has 0 aliphatic rings. The van der Waals surface area contributed by atoms with Gasteiger partial charge in [0, 0.05) is 18.7 Å².